The van der Waals surface area contributed by atoms with E-state index in [1.807, 2.05) is 6.92 Å². The Hall–Kier alpha value is -2.24. The number of benzene rings is 1. The number of aromatic nitrogens is 2. The van der Waals surface area contributed by atoms with Crippen LogP contribution in [0, 0.1) is 0 Å². The molecule has 1 aromatic heterocycles. The summed E-state index contributed by atoms with van der Waals surface area (Å²) in [7, 11) is 3.12. The van der Waals surface area contributed by atoms with E-state index in [1.165, 1.54) is 0 Å². The number of rotatable bonds is 6. The Labute approximate surface area is 123 Å². The normalized spacial score (nSPS) is 12.4. The maximum atomic E-state index is 11.4. The van der Waals surface area contributed by atoms with E-state index in [9.17, 15) is 9.90 Å². The van der Waals surface area contributed by atoms with Crippen LogP contribution in [0.15, 0.2) is 12.1 Å². The second-order valence-electron chi connectivity index (χ2n) is 4.86. The predicted octanol–water partition coefficient (Wildman–Crippen LogP) is 2.65. The molecule has 1 atom stereocenters. The molecular weight excluding hydrogens is 272 g/mol. The number of aliphatic carboxylic acids is 1. The maximum Gasteiger partial charge on any atom is 0.326 e. The molecule has 1 heterocycles. The topological polar surface area (TPSA) is 73.6 Å². The third-order valence-corrected chi connectivity index (χ3v) is 3.49. The van der Waals surface area contributed by atoms with Gasteiger partial charge < -0.3 is 19.1 Å². The van der Waals surface area contributed by atoms with Crippen molar-refractivity contribution >= 4 is 17.0 Å². The first kappa shape index (κ1) is 15.2. The van der Waals surface area contributed by atoms with Crippen molar-refractivity contribution in [1.82, 2.24) is 9.55 Å². The Kier molecular flexibility index (Phi) is 4.35. The van der Waals surface area contributed by atoms with Gasteiger partial charge >= 0.3 is 5.97 Å². The average molecular weight is 292 g/mol. The molecule has 0 amide bonds. The van der Waals surface area contributed by atoms with Crippen molar-refractivity contribution in [2.45, 2.75) is 32.7 Å². The van der Waals surface area contributed by atoms with E-state index in [-0.39, 0.29) is 0 Å². The lowest BCUT2D eigenvalue weighted by Crippen LogP contribution is -2.18. The van der Waals surface area contributed by atoms with Gasteiger partial charge in [0.15, 0.2) is 11.5 Å². The Morgan fingerprint density at radius 3 is 2.48 bits per heavy atom. The zero-order chi connectivity index (χ0) is 15.6. The highest BCUT2D eigenvalue weighted by molar-refractivity contribution is 5.83. The number of carboxylic acid groups (broad SMARTS) is 1. The number of aryl methyl sites for hydroxylation is 1. The number of hydrogen-bond donors (Lipinski definition) is 1. The van der Waals surface area contributed by atoms with E-state index in [0.717, 1.165) is 24.2 Å². The smallest absolute Gasteiger partial charge is 0.326 e. The molecule has 6 heteroatoms. The van der Waals surface area contributed by atoms with E-state index in [1.54, 1.807) is 37.8 Å². The molecule has 0 aliphatic carbocycles. The summed E-state index contributed by atoms with van der Waals surface area (Å²) in [6.07, 6.45) is 1.61. The third kappa shape index (κ3) is 2.66. The molecule has 2 rings (SSSR count). The largest absolute Gasteiger partial charge is 0.493 e. The van der Waals surface area contributed by atoms with Crippen LogP contribution < -0.4 is 9.47 Å². The molecule has 0 bridgehead atoms. The molecule has 1 aromatic carbocycles. The molecule has 0 fully saturated rings. The number of imidazole rings is 1. The van der Waals surface area contributed by atoms with Gasteiger partial charge in [0, 0.05) is 18.6 Å². The quantitative estimate of drug-likeness (QED) is 0.886. The summed E-state index contributed by atoms with van der Waals surface area (Å²) in [6.45, 7) is 3.69. The highest BCUT2D eigenvalue weighted by atomic mass is 16.5. The lowest BCUT2D eigenvalue weighted by Gasteiger charge is -2.14. The van der Waals surface area contributed by atoms with Gasteiger partial charge in [-0.3, -0.25) is 0 Å². The van der Waals surface area contributed by atoms with Crippen LogP contribution in [-0.2, 0) is 11.2 Å². The van der Waals surface area contributed by atoms with Crippen LogP contribution in [0.1, 0.15) is 32.1 Å². The molecular formula is C15H20N2O4. The zero-order valence-electron chi connectivity index (χ0n) is 12.7. The molecule has 0 aliphatic heterocycles. The van der Waals surface area contributed by atoms with Gasteiger partial charge in [-0.2, -0.15) is 0 Å². The lowest BCUT2D eigenvalue weighted by atomic mass is 10.2. The van der Waals surface area contributed by atoms with E-state index in [4.69, 9.17) is 9.47 Å². The highest BCUT2D eigenvalue weighted by Crippen LogP contribution is 2.34. The molecule has 0 aliphatic rings. The molecule has 1 unspecified atom stereocenters. The first-order valence-electron chi connectivity index (χ1n) is 6.89. The number of fused-ring (bicyclic) bond motifs is 1. The fraction of sp³-hybridized carbons (Fsp3) is 0.467. The number of hydrogen-bond acceptors (Lipinski definition) is 4. The second kappa shape index (κ2) is 6.03. The first-order chi connectivity index (χ1) is 10.0. The Morgan fingerprint density at radius 2 is 1.95 bits per heavy atom. The van der Waals surface area contributed by atoms with Gasteiger partial charge in [-0.25, -0.2) is 9.78 Å². The standard InChI is InChI=1S/C15H20N2O4/c1-5-6-14-16-10-7-12(20-3)13(21-4)8-11(10)17(14)9(2)15(18)19/h7-9H,5-6H2,1-4H3,(H,18,19). The van der Waals surface area contributed by atoms with E-state index < -0.39 is 12.0 Å². The molecule has 21 heavy (non-hydrogen) atoms. The van der Waals surface area contributed by atoms with Crippen molar-refractivity contribution in [3.05, 3.63) is 18.0 Å². The van der Waals surface area contributed by atoms with E-state index >= 15 is 0 Å². The number of carbonyl (C=O) groups is 1. The summed E-state index contributed by atoms with van der Waals surface area (Å²) in [5.41, 5.74) is 1.45. The molecule has 1 N–H and O–H groups in total. The van der Waals surface area contributed by atoms with Gasteiger partial charge in [-0.15, -0.1) is 0 Å². The fourth-order valence-corrected chi connectivity index (χ4v) is 2.41. The highest BCUT2D eigenvalue weighted by Gasteiger charge is 2.22. The summed E-state index contributed by atoms with van der Waals surface area (Å²) in [5, 5.41) is 9.33. The van der Waals surface area contributed by atoms with E-state index in [2.05, 4.69) is 4.98 Å². The number of nitrogens with zero attached hydrogens (tertiary/aromatic N) is 2. The summed E-state index contributed by atoms with van der Waals surface area (Å²) < 4.78 is 12.3. The van der Waals surface area contributed by atoms with E-state index in [0.29, 0.717) is 17.0 Å². The fourth-order valence-electron chi connectivity index (χ4n) is 2.41. The maximum absolute atomic E-state index is 11.4. The Balaban J connectivity index is 2.72. The molecule has 6 nitrogen and oxygen atoms in total. The first-order valence-corrected chi connectivity index (χ1v) is 6.89. The van der Waals surface area contributed by atoms with Gasteiger partial charge in [-0.05, 0) is 13.3 Å². The molecule has 2 aromatic rings. The van der Waals surface area contributed by atoms with Crippen LogP contribution in [0.25, 0.3) is 11.0 Å². The van der Waals surface area contributed by atoms with Crippen LogP contribution in [-0.4, -0.2) is 34.8 Å². The monoisotopic (exact) mass is 292 g/mol. The zero-order valence-corrected chi connectivity index (χ0v) is 12.7. The molecule has 0 saturated carbocycles. The Morgan fingerprint density at radius 1 is 1.33 bits per heavy atom. The van der Waals surface area contributed by atoms with Crippen LogP contribution >= 0.6 is 0 Å². The van der Waals surface area contributed by atoms with Crippen LogP contribution in [0.3, 0.4) is 0 Å². The summed E-state index contributed by atoms with van der Waals surface area (Å²) >= 11 is 0. The predicted molar refractivity (Wildman–Crippen MR) is 79.2 cm³/mol. The number of ether oxygens (including phenoxy) is 2. The minimum Gasteiger partial charge on any atom is -0.493 e. The second-order valence-corrected chi connectivity index (χ2v) is 4.86. The Bertz CT molecular complexity index is 663. The van der Waals surface area contributed by atoms with Gasteiger partial charge in [0.2, 0.25) is 0 Å². The van der Waals surface area contributed by atoms with Crippen molar-refractivity contribution in [2.24, 2.45) is 0 Å². The van der Waals surface area contributed by atoms with Gasteiger partial charge in [0.05, 0.1) is 25.3 Å². The van der Waals surface area contributed by atoms with Gasteiger partial charge in [0.25, 0.3) is 0 Å². The minimum atomic E-state index is -0.888. The number of methoxy groups -OCH3 is 2. The van der Waals surface area contributed by atoms with Crippen LogP contribution in [0.5, 0.6) is 11.5 Å². The van der Waals surface area contributed by atoms with Crippen molar-refractivity contribution in [1.29, 1.82) is 0 Å². The third-order valence-electron chi connectivity index (χ3n) is 3.49. The van der Waals surface area contributed by atoms with Crippen LogP contribution in [0.2, 0.25) is 0 Å². The summed E-state index contributed by atoms with van der Waals surface area (Å²) in [5.74, 6) is 1.02. The SMILES string of the molecule is CCCc1nc2cc(OC)c(OC)cc2n1C(C)C(=O)O. The summed E-state index contributed by atoms with van der Waals surface area (Å²) in [4.78, 5) is 15.9. The molecule has 0 saturated heterocycles. The van der Waals surface area contributed by atoms with Crippen molar-refractivity contribution in [3.63, 3.8) is 0 Å². The molecule has 0 radical (unpaired) electrons. The van der Waals surface area contributed by atoms with Gasteiger partial charge in [-0.1, -0.05) is 6.92 Å². The van der Waals surface area contributed by atoms with Crippen LogP contribution in [0.4, 0.5) is 0 Å². The molecule has 0 spiro atoms. The van der Waals surface area contributed by atoms with Gasteiger partial charge in [0.1, 0.15) is 11.9 Å². The van der Waals surface area contributed by atoms with Crippen molar-refractivity contribution in [2.75, 3.05) is 14.2 Å². The van der Waals surface area contributed by atoms with Crippen molar-refractivity contribution in [3.8, 4) is 11.5 Å². The average Bonchev–Trinajstić information content (AvgIpc) is 2.81. The molecule has 114 valence electrons. The minimum absolute atomic E-state index is 0.562. The van der Waals surface area contributed by atoms with Crippen molar-refractivity contribution < 1.29 is 19.4 Å². The summed E-state index contributed by atoms with van der Waals surface area (Å²) in [6, 6.07) is 2.87. The number of carboxylic acids is 1. The lowest BCUT2D eigenvalue weighted by molar-refractivity contribution is -0.140.